The van der Waals surface area contributed by atoms with Crippen molar-refractivity contribution in [3.63, 3.8) is 0 Å². The van der Waals surface area contributed by atoms with Gasteiger partial charge < -0.3 is 4.74 Å². The highest BCUT2D eigenvalue weighted by molar-refractivity contribution is 6.22. The van der Waals surface area contributed by atoms with Crippen molar-refractivity contribution in [2.45, 2.75) is 19.3 Å². The van der Waals surface area contributed by atoms with Gasteiger partial charge in [0.1, 0.15) is 11.5 Å². The normalized spacial score (nSPS) is 27.7. The van der Waals surface area contributed by atoms with E-state index in [1.807, 2.05) is 54.6 Å². The van der Waals surface area contributed by atoms with E-state index in [4.69, 9.17) is 4.74 Å². The zero-order valence-corrected chi connectivity index (χ0v) is 16.0. The predicted octanol–water partition coefficient (Wildman–Crippen LogP) is 5.17. The van der Waals surface area contributed by atoms with E-state index in [-0.39, 0.29) is 23.7 Å². The van der Waals surface area contributed by atoms with Crippen LogP contribution in [0.4, 0.5) is 5.69 Å². The summed E-state index contributed by atoms with van der Waals surface area (Å²) in [7, 11) is 0. The Labute approximate surface area is 169 Å². The van der Waals surface area contributed by atoms with Gasteiger partial charge in [-0.3, -0.25) is 14.5 Å². The van der Waals surface area contributed by atoms with Gasteiger partial charge in [-0.15, -0.1) is 0 Å². The van der Waals surface area contributed by atoms with Crippen molar-refractivity contribution in [2.24, 2.45) is 23.7 Å². The summed E-state index contributed by atoms with van der Waals surface area (Å²) in [6.07, 6.45) is 3.24. The first-order chi connectivity index (χ1) is 14.2. The molecule has 3 aromatic carbocycles. The number of amides is 2. The maximum absolute atomic E-state index is 13.0. The van der Waals surface area contributed by atoms with Crippen LogP contribution in [-0.4, -0.2) is 11.8 Å². The Morgan fingerprint density at radius 2 is 1.41 bits per heavy atom. The van der Waals surface area contributed by atoms with Crippen molar-refractivity contribution >= 4 is 28.3 Å². The summed E-state index contributed by atoms with van der Waals surface area (Å²) in [5.74, 6) is 2.09. The van der Waals surface area contributed by atoms with E-state index in [0.717, 1.165) is 35.8 Å². The smallest absolute Gasteiger partial charge is 0.237 e. The molecule has 144 valence electrons. The van der Waals surface area contributed by atoms with Crippen LogP contribution in [0.15, 0.2) is 66.7 Å². The van der Waals surface area contributed by atoms with E-state index in [9.17, 15) is 9.59 Å². The molecule has 2 bridgehead atoms. The van der Waals surface area contributed by atoms with E-state index in [1.165, 1.54) is 4.90 Å². The Bertz CT molecular complexity index is 1100. The van der Waals surface area contributed by atoms with Crippen molar-refractivity contribution in [2.75, 3.05) is 4.90 Å². The van der Waals surface area contributed by atoms with Gasteiger partial charge in [-0.1, -0.05) is 36.4 Å². The fourth-order valence-electron chi connectivity index (χ4n) is 5.74. The van der Waals surface area contributed by atoms with Crippen LogP contribution in [-0.2, 0) is 9.59 Å². The average molecular weight is 383 g/mol. The summed E-state index contributed by atoms with van der Waals surface area (Å²) >= 11 is 0. The lowest BCUT2D eigenvalue weighted by Gasteiger charge is -2.19. The third-order valence-electron chi connectivity index (χ3n) is 7.00. The number of fused-ring (bicyclic) bond motifs is 6. The molecule has 0 unspecified atom stereocenters. The summed E-state index contributed by atoms with van der Waals surface area (Å²) in [5, 5.41) is 2.17. The quantitative estimate of drug-likeness (QED) is 0.587. The Balaban J connectivity index is 1.27. The molecule has 2 amide bonds. The number of carbonyl (C=O) groups is 2. The Hall–Kier alpha value is -3.14. The maximum atomic E-state index is 13.0. The van der Waals surface area contributed by atoms with Crippen LogP contribution in [0.2, 0.25) is 0 Å². The van der Waals surface area contributed by atoms with Crippen molar-refractivity contribution in [1.29, 1.82) is 0 Å². The van der Waals surface area contributed by atoms with Gasteiger partial charge in [0.05, 0.1) is 17.5 Å². The molecule has 0 radical (unpaired) electrons. The lowest BCUT2D eigenvalue weighted by atomic mass is 9.81. The topological polar surface area (TPSA) is 46.6 Å². The number of ether oxygens (including phenoxy) is 1. The minimum atomic E-state index is -0.0899. The number of benzene rings is 3. The number of imide groups is 1. The fraction of sp³-hybridized carbons (Fsp3) is 0.280. The van der Waals surface area contributed by atoms with Crippen LogP contribution in [0, 0.1) is 23.7 Å². The monoisotopic (exact) mass is 383 g/mol. The summed E-state index contributed by atoms with van der Waals surface area (Å²) in [5.41, 5.74) is 0.652. The molecule has 2 aliphatic carbocycles. The van der Waals surface area contributed by atoms with E-state index < -0.39 is 0 Å². The minimum absolute atomic E-state index is 0.00470. The van der Waals surface area contributed by atoms with Gasteiger partial charge in [-0.05, 0) is 66.8 Å². The zero-order valence-electron chi connectivity index (χ0n) is 16.0. The molecule has 0 N–H and O–H groups in total. The first-order valence-corrected chi connectivity index (χ1v) is 10.3. The number of anilines is 1. The van der Waals surface area contributed by atoms with Gasteiger partial charge >= 0.3 is 0 Å². The highest BCUT2D eigenvalue weighted by Crippen LogP contribution is 2.56. The molecule has 1 heterocycles. The van der Waals surface area contributed by atoms with Crippen molar-refractivity contribution in [3.05, 3.63) is 66.7 Å². The first kappa shape index (κ1) is 16.8. The van der Waals surface area contributed by atoms with Gasteiger partial charge in [-0.2, -0.15) is 0 Å². The molecule has 1 aliphatic heterocycles. The Morgan fingerprint density at radius 1 is 0.759 bits per heavy atom. The third-order valence-corrected chi connectivity index (χ3v) is 7.00. The highest BCUT2D eigenvalue weighted by Gasteiger charge is 2.61. The molecule has 29 heavy (non-hydrogen) atoms. The summed E-state index contributed by atoms with van der Waals surface area (Å²) in [6.45, 7) is 0. The lowest BCUT2D eigenvalue weighted by molar-refractivity contribution is -0.123. The molecule has 0 aromatic heterocycles. The van der Waals surface area contributed by atoms with E-state index in [1.54, 1.807) is 0 Å². The van der Waals surface area contributed by atoms with Crippen molar-refractivity contribution < 1.29 is 14.3 Å². The molecule has 0 spiro atoms. The van der Waals surface area contributed by atoms with Gasteiger partial charge in [0.2, 0.25) is 11.8 Å². The average Bonchev–Trinajstić information content (AvgIpc) is 3.43. The van der Waals surface area contributed by atoms with Crippen molar-refractivity contribution in [3.8, 4) is 11.5 Å². The molecule has 1 saturated heterocycles. The maximum Gasteiger partial charge on any atom is 0.237 e. The summed E-state index contributed by atoms with van der Waals surface area (Å²) < 4.78 is 6.09. The summed E-state index contributed by atoms with van der Waals surface area (Å²) in [4.78, 5) is 27.4. The number of nitrogens with zero attached hydrogens (tertiary/aromatic N) is 1. The number of carbonyl (C=O) groups excluding carboxylic acids is 2. The standard InChI is InChI=1S/C25H21NO3/c27-24-22-16-8-9-17(14-16)23(22)25(28)26(24)18-10-12-19(13-11-18)29-21-7-3-5-15-4-1-2-6-20(15)21/h1-7,10-13,16-17,22-23H,8-9,14H2/t16-,17-,22-,23+/m1/s1. The van der Waals surface area contributed by atoms with E-state index in [2.05, 4.69) is 12.1 Å². The number of hydrogen-bond donors (Lipinski definition) is 0. The van der Waals surface area contributed by atoms with Crippen LogP contribution >= 0.6 is 0 Å². The molecule has 3 aromatic rings. The molecular formula is C25H21NO3. The van der Waals surface area contributed by atoms with Gasteiger partial charge in [-0.25, -0.2) is 0 Å². The second-order valence-electron chi connectivity index (χ2n) is 8.47. The van der Waals surface area contributed by atoms with Gasteiger partial charge in [0.15, 0.2) is 0 Å². The molecule has 4 heteroatoms. The minimum Gasteiger partial charge on any atom is -0.457 e. The van der Waals surface area contributed by atoms with E-state index in [0.29, 0.717) is 23.3 Å². The van der Waals surface area contributed by atoms with Gasteiger partial charge in [0.25, 0.3) is 0 Å². The zero-order chi connectivity index (χ0) is 19.5. The third kappa shape index (κ3) is 2.45. The van der Waals surface area contributed by atoms with Crippen LogP contribution in [0.25, 0.3) is 10.8 Å². The second kappa shape index (κ2) is 6.18. The number of hydrogen-bond acceptors (Lipinski definition) is 3. The highest BCUT2D eigenvalue weighted by atomic mass is 16.5. The van der Waals surface area contributed by atoms with Crippen LogP contribution < -0.4 is 9.64 Å². The van der Waals surface area contributed by atoms with Crippen LogP contribution in [0.1, 0.15) is 19.3 Å². The van der Waals surface area contributed by atoms with Gasteiger partial charge in [0, 0.05) is 5.39 Å². The second-order valence-corrected chi connectivity index (χ2v) is 8.47. The molecule has 4 nitrogen and oxygen atoms in total. The first-order valence-electron chi connectivity index (χ1n) is 10.3. The molecular weight excluding hydrogens is 362 g/mol. The number of rotatable bonds is 3. The van der Waals surface area contributed by atoms with Crippen LogP contribution in [0.5, 0.6) is 11.5 Å². The Kier molecular flexibility index (Phi) is 3.58. The molecule has 2 saturated carbocycles. The van der Waals surface area contributed by atoms with Crippen LogP contribution in [0.3, 0.4) is 0 Å². The molecule has 3 aliphatic rings. The SMILES string of the molecule is O=C1[C@@H]2[C@@H]3CC[C@H](C3)[C@@H]2C(=O)N1c1ccc(Oc2cccc3ccccc23)cc1. The molecule has 3 fully saturated rings. The largest absolute Gasteiger partial charge is 0.457 e. The lowest BCUT2D eigenvalue weighted by Crippen LogP contribution is -2.32. The van der Waals surface area contributed by atoms with Crippen molar-refractivity contribution in [1.82, 2.24) is 0 Å². The Morgan fingerprint density at radius 3 is 2.14 bits per heavy atom. The molecule has 6 rings (SSSR count). The summed E-state index contributed by atoms with van der Waals surface area (Å²) in [6, 6.07) is 21.4. The van der Waals surface area contributed by atoms with E-state index >= 15 is 0 Å². The predicted molar refractivity (Wildman–Crippen MR) is 111 cm³/mol. The molecule has 4 atom stereocenters. The fourth-order valence-corrected chi connectivity index (χ4v) is 5.74.